The lowest BCUT2D eigenvalue weighted by atomic mass is 9.94. The van der Waals surface area contributed by atoms with E-state index in [2.05, 4.69) is 32.2 Å². The molecule has 8 heteroatoms. The molecule has 0 radical (unpaired) electrons. The third-order valence-corrected chi connectivity index (χ3v) is 4.14. The fourth-order valence-electron chi connectivity index (χ4n) is 3.00. The summed E-state index contributed by atoms with van der Waals surface area (Å²) in [5.74, 6) is 1.24. The normalized spacial score (nSPS) is 19.1. The molecule has 1 amide bonds. The van der Waals surface area contributed by atoms with Crippen LogP contribution in [0.2, 0.25) is 0 Å². The van der Waals surface area contributed by atoms with Crippen molar-refractivity contribution in [1.82, 2.24) is 25.2 Å². The largest absolute Gasteiger partial charge is 0.364 e. The monoisotopic (exact) mass is 318 g/mol. The van der Waals surface area contributed by atoms with Crippen molar-refractivity contribution in [1.29, 1.82) is 0 Å². The lowest BCUT2D eigenvalue weighted by Gasteiger charge is -2.30. The van der Waals surface area contributed by atoms with Crippen LogP contribution in [0.5, 0.6) is 0 Å². The highest BCUT2D eigenvalue weighted by molar-refractivity contribution is 5.90. The van der Waals surface area contributed by atoms with Gasteiger partial charge in [-0.15, -0.1) is 0 Å². The zero-order valence-corrected chi connectivity index (χ0v) is 13.3. The predicted molar refractivity (Wildman–Crippen MR) is 82.7 cm³/mol. The molecule has 0 aliphatic carbocycles. The molecule has 0 bridgehead atoms. The topological polar surface area (TPSA) is 114 Å². The minimum Gasteiger partial charge on any atom is -0.364 e. The Kier molecular flexibility index (Phi) is 4.71. The zero-order chi connectivity index (χ0) is 16.2. The Morgan fingerprint density at radius 3 is 3.17 bits per heavy atom. The highest BCUT2D eigenvalue weighted by atomic mass is 16.5. The number of rotatable bonds is 6. The van der Waals surface area contributed by atoms with E-state index in [1.54, 1.807) is 6.07 Å². The molecule has 1 aliphatic rings. The summed E-state index contributed by atoms with van der Waals surface area (Å²) < 4.78 is 5.31. The fourth-order valence-corrected chi connectivity index (χ4v) is 3.00. The number of hydrogen-bond donors (Lipinski definition) is 2. The van der Waals surface area contributed by atoms with Crippen molar-refractivity contribution in [2.45, 2.75) is 45.1 Å². The van der Waals surface area contributed by atoms with E-state index >= 15 is 0 Å². The molecule has 0 saturated carbocycles. The van der Waals surface area contributed by atoms with Crippen LogP contribution in [0.1, 0.15) is 60.0 Å². The second-order valence-electron chi connectivity index (χ2n) is 6.00. The van der Waals surface area contributed by atoms with E-state index in [1.807, 2.05) is 0 Å². The number of piperidine rings is 1. The number of nitrogens with zero attached hydrogens (tertiary/aromatic N) is 4. The van der Waals surface area contributed by atoms with Crippen LogP contribution >= 0.6 is 0 Å². The molecule has 8 nitrogen and oxygen atoms in total. The van der Waals surface area contributed by atoms with Crippen molar-refractivity contribution >= 4 is 5.91 Å². The van der Waals surface area contributed by atoms with Crippen LogP contribution in [0.3, 0.4) is 0 Å². The first-order valence-corrected chi connectivity index (χ1v) is 8.04. The molecular weight excluding hydrogens is 296 g/mol. The number of aromatic amines is 1. The van der Waals surface area contributed by atoms with E-state index in [0.717, 1.165) is 50.3 Å². The van der Waals surface area contributed by atoms with Gasteiger partial charge >= 0.3 is 0 Å². The number of carbonyl (C=O) groups excluding carboxylic acids is 1. The van der Waals surface area contributed by atoms with E-state index in [4.69, 9.17) is 10.3 Å². The third-order valence-electron chi connectivity index (χ3n) is 4.14. The Labute approximate surface area is 134 Å². The van der Waals surface area contributed by atoms with Crippen LogP contribution < -0.4 is 5.73 Å². The van der Waals surface area contributed by atoms with Crippen molar-refractivity contribution in [3.05, 3.63) is 29.2 Å². The molecule has 0 aromatic carbocycles. The van der Waals surface area contributed by atoms with Gasteiger partial charge in [-0.25, -0.2) is 0 Å². The van der Waals surface area contributed by atoms with Gasteiger partial charge in [0.15, 0.2) is 5.82 Å². The highest BCUT2D eigenvalue weighted by Crippen LogP contribution is 2.26. The summed E-state index contributed by atoms with van der Waals surface area (Å²) in [5.41, 5.74) is 6.50. The van der Waals surface area contributed by atoms with E-state index in [1.165, 1.54) is 0 Å². The van der Waals surface area contributed by atoms with Gasteiger partial charge in [0.05, 0.1) is 6.54 Å². The first-order valence-electron chi connectivity index (χ1n) is 8.04. The number of primary amides is 1. The maximum Gasteiger partial charge on any atom is 0.269 e. The van der Waals surface area contributed by atoms with E-state index in [9.17, 15) is 4.79 Å². The number of nitrogens with two attached hydrogens (primary N) is 1. The van der Waals surface area contributed by atoms with Gasteiger partial charge in [0.25, 0.3) is 5.91 Å². The number of carbonyl (C=O) groups is 1. The van der Waals surface area contributed by atoms with Gasteiger partial charge in [0, 0.05) is 24.6 Å². The number of nitrogens with one attached hydrogen (secondary N) is 1. The van der Waals surface area contributed by atoms with Crippen molar-refractivity contribution in [2.75, 3.05) is 13.1 Å². The molecule has 23 heavy (non-hydrogen) atoms. The van der Waals surface area contributed by atoms with Crippen LogP contribution in [0.15, 0.2) is 10.6 Å². The molecule has 1 aliphatic heterocycles. The Morgan fingerprint density at radius 1 is 1.57 bits per heavy atom. The standard InChI is InChI=1S/C15H22N6O2/c1-2-4-13-17-14(23-20-13)9-21-6-3-5-10(8-21)11-7-12(15(16)22)19-18-11/h7,10H,2-6,8-9H2,1H3,(H2,16,22)(H,18,19). The first-order chi connectivity index (χ1) is 11.2. The van der Waals surface area contributed by atoms with Gasteiger partial charge in [0.1, 0.15) is 5.69 Å². The predicted octanol–water partition coefficient (Wildman–Crippen LogP) is 1.22. The molecule has 0 spiro atoms. The van der Waals surface area contributed by atoms with Gasteiger partial charge in [-0.1, -0.05) is 12.1 Å². The lowest BCUT2D eigenvalue weighted by Crippen LogP contribution is -2.34. The number of amides is 1. The second-order valence-corrected chi connectivity index (χ2v) is 6.00. The summed E-state index contributed by atoms with van der Waals surface area (Å²) in [4.78, 5) is 17.9. The van der Waals surface area contributed by atoms with Crippen molar-refractivity contribution in [2.24, 2.45) is 5.73 Å². The second kappa shape index (κ2) is 6.91. The molecule has 1 atom stereocenters. The van der Waals surface area contributed by atoms with Crippen LogP contribution in [-0.2, 0) is 13.0 Å². The number of H-pyrrole nitrogens is 1. The van der Waals surface area contributed by atoms with Gasteiger partial charge in [0.2, 0.25) is 5.89 Å². The average molecular weight is 318 g/mol. The highest BCUT2D eigenvalue weighted by Gasteiger charge is 2.24. The van der Waals surface area contributed by atoms with E-state index < -0.39 is 5.91 Å². The number of hydrogen-bond acceptors (Lipinski definition) is 6. The van der Waals surface area contributed by atoms with Crippen molar-refractivity contribution in [3.63, 3.8) is 0 Å². The van der Waals surface area contributed by atoms with Gasteiger partial charge in [-0.2, -0.15) is 10.1 Å². The molecule has 3 heterocycles. The summed E-state index contributed by atoms with van der Waals surface area (Å²) in [6, 6.07) is 1.75. The maximum atomic E-state index is 11.2. The molecule has 3 N–H and O–H groups in total. The zero-order valence-electron chi connectivity index (χ0n) is 13.3. The SMILES string of the molecule is CCCc1noc(CN2CCCC(c3cc(C(N)=O)n[nH]3)C2)n1. The number of aryl methyl sites for hydroxylation is 1. The molecular formula is C15H22N6O2. The molecule has 2 aromatic rings. The quantitative estimate of drug-likeness (QED) is 0.828. The third kappa shape index (κ3) is 3.76. The summed E-state index contributed by atoms with van der Waals surface area (Å²) in [5, 5.41) is 10.9. The molecule has 1 saturated heterocycles. The van der Waals surface area contributed by atoms with E-state index in [-0.39, 0.29) is 0 Å². The summed E-state index contributed by atoms with van der Waals surface area (Å²) >= 11 is 0. The first kappa shape index (κ1) is 15.7. The Hall–Kier alpha value is -2.22. The van der Waals surface area contributed by atoms with E-state index in [0.29, 0.717) is 24.0 Å². The van der Waals surface area contributed by atoms with Crippen LogP contribution in [-0.4, -0.2) is 44.2 Å². The average Bonchev–Trinajstić information content (AvgIpc) is 3.17. The minimum absolute atomic E-state index is 0.290. The Morgan fingerprint density at radius 2 is 2.43 bits per heavy atom. The van der Waals surface area contributed by atoms with Crippen molar-refractivity contribution in [3.8, 4) is 0 Å². The van der Waals surface area contributed by atoms with Crippen LogP contribution in [0, 0.1) is 0 Å². The molecule has 1 unspecified atom stereocenters. The van der Waals surface area contributed by atoms with Crippen LogP contribution in [0.25, 0.3) is 0 Å². The van der Waals surface area contributed by atoms with Crippen LogP contribution in [0.4, 0.5) is 0 Å². The molecule has 124 valence electrons. The fraction of sp³-hybridized carbons (Fsp3) is 0.600. The molecule has 3 rings (SSSR count). The summed E-state index contributed by atoms with van der Waals surface area (Å²) in [6.07, 6.45) is 3.98. The molecule has 2 aromatic heterocycles. The van der Waals surface area contributed by atoms with Gasteiger partial charge in [-0.05, 0) is 31.9 Å². The molecule has 1 fully saturated rings. The maximum absolute atomic E-state index is 11.2. The smallest absolute Gasteiger partial charge is 0.269 e. The van der Waals surface area contributed by atoms with Gasteiger partial charge in [-0.3, -0.25) is 14.8 Å². The number of likely N-dealkylation sites (tertiary alicyclic amines) is 1. The summed E-state index contributed by atoms with van der Waals surface area (Å²) in [7, 11) is 0. The lowest BCUT2D eigenvalue weighted by molar-refractivity contribution is 0.0995. The summed E-state index contributed by atoms with van der Waals surface area (Å²) in [6.45, 7) is 4.62. The van der Waals surface area contributed by atoms with Gasteiger partial charge < -0.3 is 10.3 Å². The Bertz CT molecular complexity index is 664. The number of aromatic nitrogens is 4. The Balaban J connectivity index is 1.61. The minimum atomic E-state index is -0.505. The van der Waals surface area contributed by atoms with Crippen molar-refractivity contribution < 1.29 is 9.32 Å².